The van der Waals surface area contributed by atoms with E-state index in [0.29, 0.717) is 23.9 Å². The van der Waals surface area contributed by atoms with Crippen molar-refractivity contribution in [2.24, 2.45) is 5.92 Å². The molecule has 1 unspecified atom stereocenters. The first-order valence-electron chi connectivity index (χ1n) is 6.14. The molecule has 1 aromatic rings. The number of carboxylic acids is 1. The summed E-state index contributed by atoms with van der Waals surface area (Å²) in [4.78, 5) is 10.8. The summed E-state index contributed by atoms with van der Waals surface area (Å²) >= 11 is 0. The molecular weight excluding hydrogens is 218 g/mol. The maximum Gasteiger partial charge on any atom is 0.372 e. The van der Waals surface area contributed by atoms with Crippen LogP contribution in [0.2, 0.25) is 0 Å². The second-order valence-electron chi connectivity index (χ2n) is 4.89. The van der Waals surface area contributed by atoms with Gasteiger partial charge < -0.3 is 14.8 Å². The quantitative estimate of drug-likeness (QED) is 0.826. The monoisotopic (exact) mass is 237 g/mol. The van der Waals surface area contributed by atoms with Gasteiger partial charge in [-0.1, -0.05) is 6.42 Å². The van der Waals surface area contributed by atoms with Crippen LogP contribution in [0.25, 0.3) is 0 Å². The number of nitrogens with one attached hydrogen (secondary N) is 1. The van der Waals surface area contributed by atoms with Gasteiger partial charge in [-0.05, 0) is 38.7 Å². The highest BCUT2D eigenvalue weighted by atomic mass is 16.4. The third-order valence-electron chi connectivity index (χ3n) is 3.62. The second-order valence-corrected chi connectivity index (χ2v) is 4.89. The van der Waals surface area contributed by atoms with Gasteiger partial charge in [-0.3, -0.25) is 0 Å². The summed E-state index contributed by atoms with van der Waals surface area (Å²) in [6, 6.07) is 2.27. The first-order valence-corrected chi connectivity index (χ1v) is 6.14. The van der Waals surface area contributed by atoms with Gasteiger partial charge in [-0.2, -0.15) is 0 Å². The molecule has 1 fully saturated rings. The Bertz CT molecular complexity index is 407. The van der Waals surface area contributed by atoms with Crippen molar-refractivity contribution in [2.45, 2.75) is 45.7 Å². The van der Waals surface area contributed by atoms with Crippen molar-refractivity contribution in [3.63, 3.8) is 0 Å². The Morgan fingerprint density at radius 1 is 1.65 bits per heavy atom. The Hall–Kier alpha value is -1.29. The van der Waals surface area contributed by atoms with Crippen molar-refractivity contribution >= 4 is 5.97 Å². The number of aromatic carboxylic acids is 1. The minimum absolute atomic E-state index is 0.0538. The highest BCUT2D eigenvalue weighted by Crippen LogP contribution is 2.29. The van der Waals surface area contributed by atoms with Crippen LogP contribution in [-0.2, 0) is 6.54 Å². The van der Waals surface area contributed by atoms with Crippen molar-refractivity contribution in [3.05, 3.63) is 23.2 Å². The summed E-state index contributed by atoms with van der Waals surface area (Å²) < 4.78 is 5.30. The number of carboxylic acid groups (broad SMARTS) is 1. The van der Waals surface area contributed by atoms with Crippen LogP contribution in [0.3, 0.4) is 0 Å². The molecule has 4 nitrogen and oxygen atoms in total. The number of hydrogen-bond acceptors (Lipinski definition) is 3. The molecular formula is C13H19NO3. The van der Waals surface area contributed by atoms with Crippen LogP contribution in [0.4, 0.5) is 0 Å². The van der Waals surface area contributed by atoms with Crippen molar-refractivity contribution in [3.8, 4) is 0 Å². The molecule has 1 heterocycles. The Morgan fingerprint density at radius 2 is 2.35 bits per heavy atom. The molecule has 94 valence electrons. The van der Waals surface area contributed by atoms with Gasteiger partial charge in [-0.15, -0.1) is 0 Å². The summed E-state index contributed by atoms with van der Waals surface area (Å²) in [5.41, 5.74) is 0.686. The summed E-state index contributed by atoms with van der Waals surface area (Å²) in [6.07, 6.45) is 3.93. The van der Waals surface area contributed by atoms with Gasteiger partial charge in [-0.25, -0.2) is 4.79 Å². The third-order valence-corrected chi connectivity index (χ3v) is 3.62. The minimum Gasteiger partial charge on any atom is -0.475 e. The van der Waals surface area contributed by atoms with Gasteiger partial charge in [0, 0.05) is 11.6 Å². The molecule has 0 aromatic carbocycles. The van der Waals surface area contributed by atoms with Gasteiger partial charge >= 0.3 is 5.97 Å². The highest BCUT2D eigenvalue weighted by Gasteiger charge is 2.23. The van der Waals surface area contributed by atoms with Crippen LogP contribution >= 0.6 is 0 Å². The van der Waals surface area contributed by atoms with Crippen LogP contribution in [0.15, 0.2) is 10.5 Å². The summed E-state index contributed by atoms with van der Waals surface area (Å²) in [7, 11) is 0. The zero-order valence-corrected chi connectivity index (χ0v) is 10.3. The number of carbonyl (C=O) groups is 1. The fraction of sp³-hybridized carbons (Fsp3) is 0.615. The van der Waals surface area contributed by atoms with E-state index in [-0.39, 0.29) is 5.76 Å². The maximum atomic E-state index is 10.8. The molecule has 17 heavy (non-hydrogen) atoms. The van der Waals surface area contributed by atoms with E-state index in [4.69, 9.17) is 9.52 Å². The van der Waals surface area contributed by atoms with Gasteiger partial charge in [0.05, 0.1) is 6.54 Å². The lowest BCUT2D eigenvalue weighted by Gasteiger charge is -2.31. The summed E-state index contributed by atoms with van der Waals surface area (Å²) in [6.45, 7) is 4.54. The Morgan fingerprint density at radius 3 is 2.82 bits per heavy atom. The number of hydrogen-bond donors (Lipinski definition) is 2. The van der Waals surface area contributed by atoms with Crippen molar-refractivity contribution in [1.82, 2.24) is 5.32 Å². The largest absolute Gasteiger partial charge is 0.475 e. The van der Waals surface area contributed by atoms with Crippen LogP contribution in [0.1, 0.15) is 48.1 Å². The molecule has 1 aliphatic rings. The molecule has 4 heteroatoms. The smallest absolute Gasteiger partial charge is 0.372 e. The van der Waals surface area contributed by atoms with E-state index >= 15 is 0 Å². The van der Waals surface area contributed by atoms with Gasteiger partial charge in [0.1, 0.15) is 5.76 Å². The normalized spacial score (nSPS) is 17.8. The minimum atomic E-state index is -0.999. The number of furan rings is 1. The van der Waals surface area contributed by atoms with E-state index in [1.807, 2.05) is 0 Å². The van der Waals surface area contributed by atoms with E-state index in [9.17, 15) is 4.79 Å². The molecule has 2 rings (SSSR count). The lowest BCUT2D eigenvalue weighted by Crippen LogP contribution is -2.36. The molecule has 0 saturated heterocycles. The summed E-state index contributed by atoms with van der Waals surface area (Å²) in [5, 5.41) is 12.3. The van der Waals surface area contributed by atoms with Gasteiger partial charge in [0.2, 0.25) is 5.76 Å². The van der Waals surface area contributed by atoms with Gasteiger partial charge in [0.15, 0.2) is 0 Å². The molecule has 1 saturated carbocycles. The fourth-order valence-corrected chi connectivity index (χ4v) is 2.22. The molecule has 2 N–H and O–H groups in total. The highest BCUT2D eigenvalue weighted by molar-refractivity contribution is 5.86. The first kappa shape index (κ1) is 12.2. The Labute approximate surface area is 101 Å². The topological polar surface area (TPSA) is 62.5 Å². The number of rotatable bonds is 5. The van der Waals surface area contributed by atoms with Crippen molar-refractivity contribution in [1.29, 1.82) is 0 Å². The third kappa shape index (κ3) is 2.69. The summed E-state index contributed by atoms with van der Waals surface area (Å²) in [5.74, 6) is 0.523. The average molecular weight is 237 g/mol. The van der Waals surface area contributed by atoms with Crippen molar-refractivity contribution < 1.29 is 14.3 Å². The average Bonchev–Trinajstić information content (AvgIpc) is 2.54. The lowest BCUT2D eigenvalue weighted by molar-refractivity contribution is 0.0659. The Kier molecular flexibility index (Phi) is 3.52. The molecule has 0 amide bonds. The maximum absolute atomic E-state index is 10.8. The number of aryl methyl sites for hydroxylation is 1. The molecule has 0 radical (unpaired) electrons. The predicted molar refractivity (Wildman–Crippen MR) is 64.0 cm³/mol. The zero-order chi connectivity index (χ0) is 12.4. The molecule has 1 aliphatic carbocycles. The van der Waals surface area contributed by atoms with E-state index in [1.54, 1.807) is 13.0 Å². The Balaban J connectivity index is 1.90. The van der Waals surface area contributed by atoms with Gasteiger partial charge in [0.25, 0.3) is 0 Å². The van der Waals surface area contributed by atoms with Crippen LogP contribution in [0.5, 0.6) is 0 Å². The SMILES string of the molecule is Cc1cc(CNC(C)C2CCC2)oc1C(=O)O. The zero-order valence-electron chi connectivity index (χ0n) is 10.3. The molecule has 0 aliphatic heterocycles. The van der Waals surface area contributed by atoms with Crippen molar-refractivity contribution in [2.75, 3.05) is 0 Å². The van der Waals surface area contributed by atoms with Crippen LogP contribution in [0, 0.1) is 12.8 Å². The standard InChI is InChI=1S/C13H19NO3/c1-8-6-11(17-12(8)13(15)16)7-14-9(2)10-4-3-5-10/h6,9-10,14H,3-5,7H2,1-2H3,(H,15,16). The first-order chi connectivity index (χ1) is 8.08. The molecule has 1 atom stereocenters. The van der Waals surface area contributed by atoms with E-state index in [2.05, 4.69) is 12.2 Å². The fourth-order valence-electron chi connectivity index (χ4n) is 2.22. The predicted octanol–water partition coefficient (Wildman–Crippen LogP) is 2.56. The van der Waals surface area contributed by atoms with Crippen LogP contribution < -0.4 is 5.32 Å². The van der Waals surface area contributed by atoms with E-state index < -0.39 is 5.97 Å². The lowest BCUT2D eigenvalue weighted by atomic mass is 9.80. The molecule has 1 aromatic heterocycles. The van der Waals surface area contributed by atoms with E-state index in [0.717, 1.165) is 5.92 Å². The second kappa shape index (κ2) is 4.92. The molecule has 0 spiro atoms. The van der Waals surface area contributed by atoms with E-state index in [1.165, 1.54) is 19.3 Å². The molecule has 0 bridgehead atoms. The van der Waals surface area contributed by atoms with Crippen LogP contribution in [-0.4, -0.2) is 17.1 Å².